The molecule has 0 aliphatic heterocycles. The van der Waals surface area contributed by atoms with E-state index >= 15 is 0 Å². The molecule has 0 fully saturated rings. The quantitative estimate of drug-likeness (QED) is 0.571. The van der Waals surface area contributed by atoms with Crippen LogP contribution in [-0.2, 0) is 4.74 Å². The molecular weight excluding hydrogens is 126 g/mol. The standard InChI is InChI=1S/C8H19NO/c1-4-9-6-5-7-10-8(2)3/h8-9H,4-7H2,1-3H3. The predicted molar refractivity (Wildman–Crippen MR) is 44.2 cm³/mol. The average molecular weight is 145 g/mol. The highest BCUT2D eigenvalue weighted by Gasteiger charge is 1.91. The monoisotopic (exact) mass is 145 g/mol. The SMILES string of the molecule is CCNCCCOC(C)C. The maximum atomic E-state index is 5.35. The van der Waals surface area contributed by atoms with Crippen molar-refractivity contribution in [1.82, 2.24) is 5.32 Å². The van der Waals surface area contributed by atoms with Gasteiger partial charge in [-0.2, -0.15) is 0 Å². The Labute approximate surface area is 64.0 Å². The highest BCUT2D eigenvalue weighted by atomic mass is 16.5. The van der Waals surface area contributed by atoms with Crippen LogP contribution < -0.4 is 5.32 Å². The van der Waals surface area contributed by atoms with Crippen LogP contribution in [0.5, 0.6) is 0 Å². The summed E-state index contributed by atoms with van der Waals surface area (Å²) in [6.45, 7) is 9.25. The minimum atomic E-state index is 0.377. The van der Waals surface area contributed by atoms with Gasteiger partial charge in [-0.05, 0) is 33.4 Å². The first-order valence-electron chi connectivity index (χ1n) is 4.09. The fourth-order valence-electron chi connectivity index (χ4n) is 0.693. The molecule has 0 saturated heterocycles. The third-order valence-electron chi connectivity index (χ3n) is 1.20. The first-order chi connectivity index (χ1) is 4.77. The zero-order valence-corrected chi connectivity index (χ0v) is 7.31. The summed E-state index contributed by atoms with van der Waals surface area (Å²) in [5.41, 5.74) is 0. The molecule has 0 bridgehead atoms. The molecule has 0 aliphatic rings. The van der Waals surface area contributed by atoms with E-state index in [1.165, 1.54) is 0 Å². The Kier molecular flexibility index (Phi) is 6.98. The molecule has 0 radical (unpaired) electrons. The van der Waals surface area contributed by atoms with E-state index in [0.29, 0.717) is 6.10 Å². The highest BCUT2D eigenvalue weighted by molar-refractivity contribution is 4.44. The summed E-state index contributed by atoms with van der Waals surface area (Å²) in [5.74, 6) is 0. The second-order valence-corrected chi connectivity index (χ2v) is 2.63. The zero-order valence-electron chi connectivity index (χ0n) is 7.31. The van der Waals surface area contributed by atoms with Gasteiger partial charge >= 0.3 is 0 Å². The van der Waals surface area contributed by atoms with E-state index in [9.17, 15) is 0 Å². The third-order valence-corrected chi connectivity index (χ3v) is 1.20. The van der Waals surface area contributed by atoms with Crippen molar-refractivity contribution in [2.75, 3.05) is 19.7 Å². The predicted octanol–water partition coefficient (Wildman–Crippen LogP) is 1.41. The largest absolute Gasteiger partial charge is 0.379 e. The fraction of sp³-hybridized carbons (Fsp3) is 1.00. The van der Waals surface area contributed by atoms with Gasteiger partial charge < -0.3 is 10.1 Å². The molecular formula is C8H19NO. The molecule has 0 aromatic heterocycles. The number of rotatable bonds is 6. The van der Waals surface area contributed by atoms with Gasteiger partial charge in [0.05, 0.1) is 6.10 Å². The lowest BCUT2D eigenvalue weighted by Crippen LogP contribution is -2.16. The first kappa shape index (κ1) is 9.92. The normalized spacial score (nSPS) is 10.8. The van der Waals surface area contributed by atoms with Crippen molar-refractivity contribution in [1.29, 1.82) is 0 Å². The molecule has 62 valence electrons. The van der Waals surface area contributed by atoms with Crippen LogP contribution >= 0.6 is 0 Å². The van der Waals surface area contributed by atoms with Gasteiger partial charge in [0.1, 0.15) is 0 Å². The van der Waals surface area contributed by atoms with E-state index in [2.05, 4.69) is 26.1 Å². The van der Waals surface area contributed by atoms with Crippen molar-refractivity contribution >= 4 is 0 Å². The number of hydrogen-bond acceptors (Lipinski definition) is 2. The Bertz CT molecular complexity index is 64.3. The van der Waals surface area contributed by atoms with Gasteiger partial charge in [0, 0.05) is 6.61 Å². The van der Waals surface area contributed by atoms with Crippen molar-refractivity contribution in [3.8, 4) is 0 Å². The maximum Gasteiger partial charge on any atom is 0.0518 e. The Morgan fingerprint density at radius 3 is 2.60 bits per heavy atom. The van der Waals surface area contributed by atoms with Crippen LogP contribution in [0.2, 0.25) is 0 Å². The summed E-state index contributed by atoms with van der Waals surface area (Å²) in [6.07, 6.45) is 1.49. The Balaban J connectivity index is 2.77. The van der Waals surface area contributed by atoms with Gasteiger partial charge in [-0.1, -0.05) is 6.92 Å². The minimum absolute atomic E-state index is 0.377. The van der Waals surface area contributed by atoms with Crippen LogP contribution in [0.4, 0.5) is 0 Å². The van der Waals surface area contributed by atoms with Crippen LogP contribution in [0, 0.1) is 0 Å². The molecule has 0 rings (SSSR count). The summed E-state index contributed by atoms with van der Waals surface area (Å²) in [5, 5.41) is 3.24. The van der Waals surface area contributed by atoms with E-state index in [4.69, 9.17) is 4.74 Å². The molecule has 0 atom stereocenters. The molecule has 10 heavy (non-hydrogen) atoms. The van der Waals surface area contributed by atoms with Gasteiger partial charge in [-0.3, -0.25) is 0 Å². The van der Waals surface area contributed by atoms with Crippen LogP contribution in [0.3, 0.4) is 0 Å². The minimum Gasteiger partial charge on any atom is -0.379 e. The third kappa shape index (κ3) is 7.92. The molecule has 0 saturated carbocycles. The van der Waals surface area contributed by atoms with Crippen molar-refractivity contribution in [2.45, 2.75) is 33.3 Å². The van der Waals surface area contributed by atoms with Crippen molar-refractivity contribution in [3.63, 3.8) is 0 Å². The molecule has 0 aromatic rings. The molecule has 2 heteroatoms. The van der Waals surface area contributed by atoms with Gasteiger partial charge in [-0.15, -0.1) is 0 Å². The summed E-state index contributed by atoms with van der Waals surface area (Å²) in [6, 6.07) is 0. The lowest BCUT2D eigenvalue weighted by atomic mass is 10.4. The second kappa shape index (κ2) is 7.03. The highest BCUT2D eigenvalue weighted by Crippen LogP contribution is 1.88. The topological polar surface area (TPSA) is 21.3 Å². The van der Waals surface area contributed by atoms with E-state index in [1.54, 1.807) is 0 Å². The molecule has 0 spiro atoms. The summed E-state index contributed by atoms with van der Waals surface area (Å²) in [4.78, 5) is 0. The molecule has 0 heterocycles. The van der Waals surface area contributed by atoms with Crippen LogP contribution in [0.1, 0.15) is 27.2 Å². The van der Waals surface area contributed by atoms with E-state index < -0.39 is 0 Å². The molecule has 0 aromatic carbocycles. The zero-order chi connectivity index (χ0) is 7.82. The number of hydrogen-bond donors (Lipinski definition) is 1. The summed E-state index contributed by atoms with van der Waals surface area (Å²) < 4.78 is 5.35. The molecule has 2 nitrogen and oxygen atoms in total. The summed E-state index contributed by atoms with van der Waals surface area (Å²) >= 11 is 0. The Hall–Kier alpha value is -0.0800. The molecule has 1 N–H and O–H groups in total. The van der Waals surface area contributed by atoms with Gasteiger partial charge in [0.25, 0.3) is 0 Å². The fourth-order valence-corrected chi connectivity index (χ4v) is 0.693. The Morgan fingerprint density at radius 1 is 1.40 bits per heavy atom. The van der Waals surface area contributed by atoms with Gasteiger partial charge in [0.2, 0.25) is 0 Å². The van der Waals surface area contributed by atoms with Gasteiger partial charge in [-0.25, -0.2) is 0 Å². The summed E-state index contributed by atoms with van der Waals surface area (Å²) in [7, 11) is 0. The lowest BCUT2D eigenvalue weighted by Gasteiger charge is -2.06. The van der Waals surface area contributed by atoms with E-state index in [-0.39, 0.29) is 0 Å². The number of ether oxygens (including phenoxy) is 1. The average Bonchev–Trinajstić information content (AvgIpc) is 1.87. The van der Waals surface area contributed by atoms with Gasteiger partial charge in [0.15, 0.2) is 0 Å². The van der Waals surface area contributed by atoms with Crippen LogP contribution in [0.25, 0.3) is 0 Å². The molecule has 0 unspecified atom stereocenters. The van der Waals surface area contributed by atoms with Crippen molar-refractivity contribution in [3.05, 3.63) is 0 Å². The Morgan fingerprint density at radius 2 is 2.10 bits per heavy atom. The van der Waals surface area contributed by atoms with Crippen LogP contribution in [0.15, 0.2) is 0 Å². The second-order valence-electron chi connectivity index (χ2n) is 2.63. The van der Waals surface area contributed by atoms with Crippen LogP contribution in [-0.4, -0.2) is 25.8 Å². The maximum absolute atomic E-state index is 5.35. The van der Waals surface area contributed by atoms with E-state index in [1.807, 2.05) is 0 Å². The first-order valence-corrected chi connectivity index (χ1v) is 4.09. The number of nitrogens with one attached hydrogen (secondary N) is 1. The smallest absolute Gasteiger partial charge is 0.0518 e. The van der Waals surface area contributed by atoms with Crippen molar-refractivity contribution in [2.24, 2.45) is 0 Å². The molecule has 0 aliphatic carbocycles. The lowest BCUT2D eigenvalue weighted by molar-refractivity contribution is 0.0772. The van der Waals surface area contributed by atoms with E-state index in [0.717, 1.165) is 26.1 Å². The van der Waals surface area contributed by atoms with Crippen molar-refractivity contribution < 1.29 is 4.74 Å². The molecule has 0 amide bonds.